The van der Waals surface area contributed by atoms with E-state index in [1.807, 2.05) is 0 Å². The van der Waals surface area contributed by atoms with Crippen molar-refractivity contribution in [2.75, 3.05) is 14.2 Å². The van der Waals surface area contributed by atoms with Gasteiger partial charge in [-0.2, -0.15) is 0 Å². The smallest absolute Gasteiger partial charge is 0.222 e. The summed E-state index contributed by atoms with van der Waals surface area (Å²) >= 11 is 0. The molecule has 1 amide bonds. The number of nitrogens with zero attached hydrogens (tertiary/aromatic N) is 1. The molecule has 0 unspecified atom stereocenters. The fraction of sp³-hybridized carbons (Fsp3) is 0.483. The molecule has 0 fully saturated rings. The van der Waals surface area contributed by atoms with Crippen LogP contribution in [0.2, 0.25) is 0 Å². The third kappa shape index (κ3) is 14.1. The summed E-state index contributed by atoms with van der Waals surface area (Å²) in [6.45, 7) is 2.74. The third-order valence-corrected chi connectivity index (χ3v) is 5.31. The predicted molar refractivity (Wildman–Crippen MR) is 140 cm³/mol. The number of unbranched alkanes of at least 4 members (excludes halogenated alkanes) is 4. The highest BCUT2D eigenvalue weighted by Gasteiger charge is 2.10. The molecular formula is C29H43NO3. The number of benzene rings is 1. The number of aromatic hydroxyl groups is 1. The molecule has 4 heteroatoms. The van der Waals surface area contributed by atoms with Crippen molar-refractivity contribution in [1.82, 2.24) is 4.90 Å². The van der Waals surface area contributed by atoms with Crippen LogP contribution in [-0.2, 0) is 11.3 Å². The lowest BCUT2D eigenvalue weighted by atomic mass is 10.1. The first-order chi connectivity index (χ1) is 16.1. The van der Waals surface area contributed by atoms with Gasteiger partial charge in [-0.1, -0.05) is 74.4 Å². The van der Waals surface area contributed by atoms with E-state index in [-0.39, 0.29) is 11.7 Å². The van der Waals surface area contributed by atoms with Crippen LogP contribution in [0, 0.1) is 0 Å². The predicted octanol–water partition coefficient (Wildman–Crippen LogP) is 7.50. The number of ether oxygens (including phenoxy) is 1. The number of amides is 1. The Labute approximate surface area is 201 Å². The highest BCUT2D eigenvalue weighted by Crippen LogP contribution is 2.26. The molecule has 1 rings (SSSR count). The minimum absolute atomic E-state index is 0.106. The van der Waals surface area contributed by atoms with Gasteiger partial charge >= 0.3 is 0 Å². The molecule has 0 bridgehead atoms. The second-order valence-electron chi connectivity index (χ2n) is 8.24. The maximum Gasteiger partial charge on any atom is 0.222 e. The lowest BCUT2D eigenvalue weighted by Crippen LogP contribution is -2.25. The van der Waals surface area contributed by atoms with Crippen LogP contribution in [0.1, 0.15) is 76.7 Å². The van der Waals surface area contributed by atoms with E-state index in [4.69, 9.17) is 4.74 Å². The van der Waals surface area contributed by atoms with Gasteiger partial charge in [-0.3, -0.25) is 4.79 Å². The van der Waals surface area contributed by atoms with Gasteiger partial charge in [0.05, 0.1) is 7.11 Å². The molecule has 0 aliphatic carbocycles. The third-order valence-electron chi connectivity index (χ3n) is 5.31. The molecule has 1 aromatic rings. The second kappa shape index (κ2) is 18.8. The largest absolute Gasteiger partial charge is 0.504 e. The first-order valence-corrected chi connectivity index (χ1v) is 12.3. The fourth-order valence-corrected chi connectivity index (χ4v) is 3.31. The van der Waals surface area contributed by atoms with E-state index in [0.717, 1.165) is 37.7 Å². The Morgan fingerprint density at radius 2 is 1.48 bits per heavy atom. The fourth-order valence-electron chi connectivity index (χ4n) is 3.31. The molecule has 0 saturated heterocycles. The lowest BCUT2D eigenvalue weighted by molar-refractivity contribution is -0.130. The molecule has 33 heavy (non-hydrogen) atoms. The van der Waals surface area contributed by atoms with Crippen LogP contribution in [0.15, 0.2) is 66.8 Å². The van der Waals surface area contributed by atoms with Crippen LogP contribution in [0.25, 0.3) is 0 Å². The van der Waals surface area contributed by atoms with E-state index in [1.54, 1.807) is 30.1 Å². The second-order valence-corrected chi connectivity index (χ2v) is 8.24. The summed E-state index contributed by atoms with van der Waals surface area (Å²) in [4.78, 5) is 14.0. The molecule has 182 valence electrons. The minimum Gasteiger partial charge on any atom is -0.504 e. The molecule has 1 aromatic carbocycles. The molecule has 0 radical (unpaired) electrons. The topological polar surface area (TPSA) is 49.8 Å². The average Bonchev–Trinajstić information content (AvgIpc) is 2.82. The zero-order valence-electron chi connectivity index (χ0n) is 20.8. The molecule has 0 spiro atoms. The molecule has 0 atom stereocenters. The van der Waals surface area contributed by atoms with Crippen LogP contribution in [0.4, 0.5) is 0 Å². The Bertz CT molecular complexity index is 777. The lowest BCUT2D eigenvalue weighted by Gasteiger charge is -2.17. The van der Waals surface area contributed by atoms with Gasteiger partial charge < -0.3 is 14.7 Å². The number of methoxy groups -OCH3 is 1. The zero-order valence-corrected chi connectivity index (χ0v) is 20.8. The van der Waals surface area contributed by atoms with Gasteiger partial charge in [-0.15, -0.1) is 0 Å². The standard InChI is InChI=1S/C29H43NO3/c1-4-5-6-7-8-9-10-11-12-13-14-15-16-17-18-19-20-21-29(32)30(2)25-26-22-23-27(31)28(24-26)33-3/h8-9,11-12,14-15,17-18,22-24,31H,4-7,10,13,16,19-21,25H2,1-3H3/b9-8-,12-11-,15-14+,18-17-. The van der Waals surface area contributed by atoms with E-state index >= 15 is 0 Å². The van der Waals surface area contributed by atoms with Crippen LogP contribution in [0.3, 0.4) is 0 Å². The van der Waals surface area contributed by atoms with Gasteiger partial charge in [-0.25, -0.2) is 0 Å². The molecule has 0 aromatic heterocycles. The maximum absolute atomic E-state index is 12.3. The Hall–Kier alpha value is -2.75. The van der Waals surface area contributed by atoms with E-state index in [0.29, 0.717) is 18.7 Å². The van der Waals surface area contributed by atoms with Crippen LogP contribution >= 0.6 is 0 Å². The summed E-state index contributed by atoms with van der Waals surface area (Å²) < 4.78 is 5.12. The van der Waals surface area contributed by atoms with Gasteiger partial charge in [0.25, 0.3) is 0 Å². The molecule has 0 saturated carbocycles. The molecular weight excluding hydrogens is 410 g/mol. The summed E-state index contributed by atoms with van der Waals surface area (Å²) in [5, 5.41) is 9.67. The van der Waals surface area contributed by atoms with E-state index in [1.165, 1.54) is 32.8 Å². The van der Waals surface area contributed by atoms with Gasteiger partial charge in [-0.05, 0) is 62.6 Å². The Morgan fingerprint density at radius 3 is 2.06 bits per heavy atom. The SMILES string of the molecule is CCCCC/C=C\C/C=C\C/C=C/C/C=C\CCCC(=O)N(C)Cc1ccc(O)c(OC)c1. The number of hydrogen-bond donors (Lipinski definition) is 1. The maximum atomic E-state index is 12.3. The van der Waals surface area contributed by atoms with Crippen molar-refractivity contribution in [3.63, 3.8) is 0 Å². The van der Waals surface area contributed by atoms with Crippen LogP contribution in [0.5, 0.6) is 11.5 Å². The van der Waals surface area contributed by atoms with Crippen LogP contribution < -0.4 is 4.74 Å². The first kappa shape index (κ1) is 28.3. The van der Waals surface area contributed by atoms with Crippen molar-refractivity contribution in [3.05, 3.63) is 72.4 Å². The molecule has 0 aliphatic heterocycles. The monoisotopic (exact) mass is 453 g/mol. The number of hydrogen-bond acceptors (Lipinski definition) is 3. The number of rotatable bonds is 17. The first-order valence-electron chi connectivity index (χ1n) is 12.3. The summed E-state index contributed by atoms with van der Waals surface area (Å²) in [5.74, 6) is 0.654. The van der Waals surface area contributed by atoms with Gasteiger partial charge in [0.15, 0.2) is 11.5 Å². The highest BCUT2D eigenvalue weighted by atomic mass is 16.5. The number of carbonyl (C=O) groups excluding carboxylic acids is 1. The van der Waals surface area contributed by atoms with Crippen molar-refractivity contribution in [3.8, 4) is 11.5 Å². The summed E-state index contributed by atoms with van der Waals surface area (Å²) in [6.07, 6.45) is 28.0. The Kier molecular flexibility index (Phi) is 16.1. The quantitative estimate of drug-likeness (QED) is 0.196. The minimum atomic E-state index is 0.106. The molecule has 1 N–H and O–H groups in total. The van der Waals surface area contributed by atoms with E-state index in [9.17, 15) is 9.90 Å². The van der Waals surface area contributed by atoms with Crippen molar-refractivity contribution in [2.45, 2.75) is 77.7 Å². The van der Waals surface area contributed by atoms with Gasteiger partial charge in [0.1, 0.15) is 0 Å². The summed E-state index contributed by atoms with van der Waals surface area (Å²) in [7, 11) is 3.32. The van der Waals surface area contributed by atoms with E-state index in [2.05, 4.69) is 55.5 Å². The number of phenols is 1. The van der Waals surface area contributed by atoms with Gasteiger partial charge in [0.2, 0.25) is 5.91 Å². The normalized spacial score (nSPS) is 12.0. The van der Waals surface area contributed by atoms with Crippen molar-refractivity contribution < 1.29 is 14.6 Å². The Balaban J connectivity index is 2.10. The molecule has 4 nitrogen and oxygen atoms in total. The van der Waals surface area contributed by atoms with Crippen molar-refractivity contribution in [2.24, 2.45) is 0 Å². The number of carbonyl (C=O) groups is 1. The van der Waals surface area contributed by atoms with Crippen molar-refractivity contribution >= 4 is 5.91 Å². The van der Waals surface area contributed by atoms with E-state index < -0.39 is 0 Å². The number of phenolic OH excluding ortho intramolecular Hbond substituents is 1. The Morgan fingerprint density at radius 1 is 0.909 bits per heavy atom. The molecule has 0 heterocycles. The summed E-state index contributed by atoms with van der Waals surface area (Å²) in [5.41, 5.74) is 0.931. The summed E-state index contributed by atoms with van der Waals surface area (Å²) in [6, 6.07) is 5.16. The zero-order chi connectivity index (χ0) is 24.2. The average molecular weight is 454 g/mol. The van der Waals surface area contributed by atoms with Crippen molar-refractivity contribution in [1.29, 1.82) is 0 Å². The van der Waals surface area contributed by atoms with Gasteiger partial charge in [0, 0.05) is 20.0 Å². The highest BCUT2D eigenvalue weighted by molar-refractivity contribution is 5.75. The molecule has 0 aliphatic rings. The number of allylic oxidation sites excluding steroid dienone is 8. The van der Waals surface area contributed by atoms with Crippen LogP contribution in [-0.4, -0.2) is 30.1 Å².